The average molecular weight is 703 g/mol. The first-order valence-corrected chi connectivity index (χ1v) is 19.5. The molecule has 0 saturated heterocycles. The molecule has 0 saturated carbocycles. The zero-order valence-electron chi connectivity index (χ0n) is 30.6. The fourth-order valence-electron chi connectivity index (χ4n) is 11.2. The Morgan fingerprint density at radius 2 is 1.29 bits per heavy atom. The van der Waals surface area contributed by atoms with Gasteiger partial charge in [-0.3, -0.25) is 0 Å². The largest absolute Gasteiger partial charge is 0.454 e. The minimum atomic E-state index is -0.0674. The monoisotopic (exact) mass is 702 g/mol. The Morgan fingerprint density at radius 1 is 0.582 bits per heavy atom. The quantitative estimate of drug-likeness (QED) is 0.167. The first kappa shape index (κ1) is 29.9. The maximum absolute atomic E-state index is 7.09. The Morgan fingerprint density at radius 3 is 2.15 bits per heavy atom. The molecule has 0 radical (unpaired) electrons. The molecular weight excluding hydrogens is 667 g/mol. The summed E-state index contributed by atoms with van der Waals surface area (Å²) < 4.78 is 7.09. The van der Waals surface area contributed by atoms with Crippen molar-refractivity contribution in [2.45, 2.75) is 31.2 Å². The van der Waals surface area contributed by atoms with E-state index >= 15 is 0 Å². The third-order valence-electron chi connectivity index (χ3n) is 13.4. The Hall–Kier alpha value is -6.52. The van der Waals surface area contributed by atoms with Crippen molar-refractivity contribution in [3.05, 3.63) is 180 Å². The molecule has 1 aromatic heterocycles. The highest BCUT2D eigenvalue weighted by molar-refractivity contribution is 6.94. The van der Waals surface area contributed by atoms with Crippen molar-refractivity contribution in [1.82, 2.24) is 0 Å². The molecule has 2 atom stereocenters. The van der Waals surface area contributed by atoms with E-state index in [1.165, 1.54) is 88.8 Å². The van der Waals surface area contributed by atoms with E-state index in [2.05, 4.69) is 187 Å². The van der Waals surface area contributed by atoms with E-state index in [0.717, 1.165) is 16.6 Å². The summed E-state index contributed by atoms with van der Waals surface area (Å²) in [6.45, 7) is 4.85. The van der Waals surface area contributed by atoms with Crippen LogP contribution in [0.3, 0.4) is 0 Å². The molecule has 13 rings (SSSR count). The number of para-hydroxylation sites is 2. The maximum atomic E-state index is 7.09. The van der Waals surface area contributed by atoms with Crippen LogP contribution in [-0.2, 0) is 5.41 Å². The van der Waals surface area contributed by atoms with Crippen LogP contribution in [0.5, 0.6) is 0 Å². The predicted octanol–water partition coefficient (Wildman–Crippen LogP) is 11.9. The van der Waals surface area contributed by atoms with E-state index in [0.29, 0.717) is 5.92 Å². The molecule has 3 nitrogen and oxygen atoms in total. The second-order valence-electron chi connectivity index (χ2n) is 16.4. The summed E-state index contributed by atoms with van der Waals surface area (Å²) in [7, 11) is 0. The summed E-state index contributed by atoms with van der Waals surface area (Å²) in [5, 5.41) is 4.83. The molecule has 4 heteroatoms. The number of fused-ring (bicyclic) bond motifs is 14. The second-order valence-corrected chi connectivity index (χ2v) is 16.4. The van der Waals surface area contributed by atoms with Crippen LogP contribution in [0, 0.1) is 0 Å². The molecule has 9 aromatic rings. The molecule has 0 spiro atoms. The lowest BCUT2D eigenvalue weighted by atomic mass is 9.43. The van der Waals surface area contributed by atoms with Gasteiger partial charge in [0.15, 0.2) is 5.58 Å². The molecule has 0 N–H and O–H groups in total. The molecule has 0 fully saturated rings. The van der Waals surface area contributed by atoms with Gasteiger partial charge in [0.2, 0.25) is 0 Å². The van der Waals surface area contributed by atoms with E-state index < -0.39 is 0 Å². The molecule has 4 aliphatic rings. The lowest BCUT2D eigenvalue weighted by Gasteiger charge is -2.46. The first-order chi connectivity index (χ1) is 27.1. The van der Waals surface area contributed by atoms with Crippen molar-refractivity contribution < 1.29 is 4.42 Å². The van der Waals surface area contributed by atoms with Crippen LogP contribution in [0.15, 0.2) is 168 Å². The lowest BCUT2D eigenvalue weighted by Crippen LogP contribution is -2.61. The summed E-state index contributed by atoms with van der Waals surface area (Å²) >= 11 is 0. The molecule has 4 heterocycles. The van der Waals surface area contributed by atoms with Crippen LogP contribution in [0.4, 0.5) is 22.7 Å². The zero-order chi connectivity index (χ0) is 36.2. The van der Waals surface area contributed by atoms with Gasteiger partial charge < -0.3 is 14.1 Å². The third-order valence-corrected chi connectivity index (χ3v) is 13.4. The van der Waals surface area contributed by atoms with E-state index in [9.17, 15) is 0 Å². The van der Waals surface area contributed by atoms with Gasteiger partial charge in [-0.05, 0) is 96.9 Å². The fraction of sp³-hybridized carbons (Fsp3) is 0.0980. The van der Waals surface area contributed by atoms with Crippen molar-refractivity contribution in [3.63, 3.8) is 0 Å². The summed E-state index contributed by atoms with van der Waals surface area (Å²) in [6, 6.07) is 61.2. The van der Waals surface area contributed by atoms with Crippen molar-refractivity contribution in [1.29, 1.82) is 0 Å². The molecule has 55 heavy (non-hydrogen) atoms. The van der Waals surface area contributed by atoms with Gasteiger partial charge in [-0.2, -0.15) is 0 Å². The lowest BCUT2D eigenvalue weighted by molar-refractivity contribution is 0.420. The smallest absolute Gasteiger partial charge is 0.333 e. The third kappa shape index (κ3) is 3.72. The first-order valence-electron chi connectivity index (χ1n) is 19.5. The number of rotatable bonds is 2. The standard InChI is InChI=1S/C51H35BN2O/c1-51(2)41-20-10-8-18-36(41)48-45(51)37-19-12-21-42-47(37)53(48)49-46-39(29-40-35-17-9-11-22-44(35)55-50(40)49)38-27-32-15-6-7-16-33(32)28-43(38)54(52(42)46)34-25-23-31(24-26-34)30-13-4-3-5-14-30/h3-29,45,48H,1-2H3. The van der Waals surface area contributed by atoms with Gasteiger partial charge in [-0.25, -0.2) is 0 Å². The summed E-state index contributed by atoms with van der Waals surface area (Å²) in [5.74, 6) is 0.291. The normalized spacial score (nSPS) is 18.0. The molecule has 258 valence electrons. The molecule has 3 aliphatic heterocycles. The number of benzene rings is 8. The number of hydrogen-bond donors (Lipinski definition) is 0. The van der Waals surface area contributed by atoms with Gasteiger partial charge in [0.1, 0.15) is 5.58 Å². The summed E-state index contributed by atoms with van der Waals surface area (Å²) in [5.41, 5.74) is 18.8. The number of anilines is 4. The van der Waals surface area contributed by atoms with Gasteiger partial charge in [0.25, 0.3) is 0 Å². The highest BCUT2D eigenvalue weighted by atomic mass is 16.3. The molecule has 8 aromatic carbocycles. The van der Waals surface area contributed by atoms with Gasteiger partial charge in [-0.15, -0.1) is 0 Å². The molecule has 2 unspecified atom stereocenters. The Kier molecular flexibility index (Phi) is 5.63. The van der Waals surface area contributed by atoms with Gasteiger partial charge in [0.05, 0.1) is 11.7 Å². The Labute approximate surface area is 320 Å². The van der Waals surface area contributed by atoms with Crippen LogP contribution in [0.2, 0.25) is 0 Å². The highest BCUT2D eigenvalue weighted by Gasteiger charge is 2.59. The van der Waals surface area contributed by atoms with Gasteiger partial charge in [0, 0.05) is 39.3 Å². The highest BCUT2D eigenvalue weighted by Crippen LogP contribution is 2.66. The van der Waals surface area contributed by atoms with E-state index in [4.69, 9.17) is 4.42 Å². The van der Waals surface area contributed by atoms with E-state index in [-0.39, 0.29) is 18.3 Å². The summed E-state index contributed by atoms with van der Waals surface area (Å²) in [4.78, 5) is 5.36. The van der Waals surface area contributed by atoms with Crippen LogP contribution in [0.1, 0.15) is 42.5 Å². The predicted molar refractivity (Wildman–Crippen MR) is 229 cm³/mol. The molecular formula is C51H35BN2O. The van der Waals surface area contributed by atoms with Crippen LogP contribution in [-0.4, -0.2) is 6.85 Å². The van der Waals surface area contributed by atoms with Crippen molar-refractivity contribution in [2.24, 2.45) is 0 Å². The number of nitrogens with zero attached hydrogens (tertiary/aromatic N) is 2. The number of hydrogen-bond acceptors (Lipinski definition) is 3. The van der Waals surface area contributed by atoms with E-state index in [1.807, 2.05) is 0 Å². The molecule has 0 amide bonds. The van der Waals surface area contributed by atoms with Crippen molar-refractivity contribution in [2.75, 3.05) is 9.71 Å². The average Bonchev–Trinajstić information content (AvgIpc) is 3.86. The number of furan rings is 1. The SMILES string of the molecule is CC1(C)c2ccccc2C2C1c1cccc3c1N2c1c2c(cc4c1oc1ccccc14)-c1cc4ccccc4cc1N(c1ccc(-c4ccccc4)cc1)B32. The zero-order valence-corrected chi connectivity index (χ0v) is 30.6. The van der Waals surface area contributed by atoms with Crippen molar-refractivity contribution >= 4 is 73.2 Å². The topological polar surface area (TPSA) is 19.6 Å². The van der Waals surface area contributed by atoms with Crippen molar-refractivity contribution in [3.8, 4) is 22.3 Å². The van der Waals surface area contributed by atoms with Gasteiger partial charge in [-0.1, -0.05) is 141 Å². The van der Waals surface area contributed by atoms with Gasteiger partial charge >= 0.3 is 6.85 Å². The molecule has 0 bridgehead atoms. The summed E-state index contributed by atoms with van der Waals surface area (Å²) in [6.07, 6.45) is 0. The minimum Gasteiger partial charge on any atom is -0.454 e. The van der Waals surface area contributed by atoms with Crippen LogP contribution < -0.4 is 20.6 Å². The minimum absolute atomic E-state index is 0.0538. The Bertz CT molecular complexity index is 3110. The molecule has 1 aliphatic carbocycles. The van der Waals surface area contributed by atoms with Crippen LogP contribution >= 0.6 is 0 Å². The van der Waals surface area contributed by atoms with E-state index in [1.54, 1.807) is 0 Å². The Balaban J connectivity index is 1.18. The second kappa shape index (κ2) is 10.4. The fourth-order valence-corrected chi connectivity index (χ4v) is 11.2. The maximum Gasteiger partial charge on any atom is 0.333 e. The van der Waals surface area contributed by atoms with Crippen LogP contribution in [0.25, 0.3) is 55.0 Å².